The molecule has 2 N–H and O–H groups in total. The minimum absolute atomic E-state index is 0.217. The first-order valence-electron chi connectivity index (χ1n) is 9.03. The molecular formula is C19H19ClF2N4OS. The van der Waals surface area contributed by atoms with Crippen LogP contribution in [-0.2, 0) is 0 Å². The van der Waals surface area contributed by atoms with E-state index < -0.39 is 17.9 Å². The number of hydrogen-bond donors (Lipinski definition) is 1. The quantitative estimate of drug-likeness (QED) is 0.613. The van der Waals surface area contributed by atoms with Gasteiger partial charge in [0.2, 0.25) is 0 Å². The molecule has 0 radical (unpaired) electrons. The summed E-state index contributed by atoms with van der Waals surface area (Å²) in [5.74, 6) is -4.44. The number of ketones is 1. The Bertz CT molecular complexity index is 1050. The zero-order valence-electron chi connectivity index (χ0n) is 15.2. The van der Waals surface area contributed by atoms with E-state index in [9.17, 15) is 13.6 Å². The standard InChI is InChI=1S/C19H19ClF2N4OS/c1-10-17(12-8-24-26-9-11(20)4-5-15(12)26)25-18(28-10)16(27)7-13-14(23)3-2-6-19(13,21)22/h4-5,8-9,13-14H,2-3,6-7,23H2,1H3/t13-,14-/m1/s1. The third kappa shape index (κ3) is 3.44. The first-order chi connectivity index (χ1) is 13.3. The van der Waals surface area contributed by atoms with Crippen LogP contribution >= 0.6 is 22.9 Å². The maximum absolute atomic E-state index is 14.2. The predicted octanol–water partition coefficient (Wildman–Crippen LogP) is 4.76. The molecule has 0 aromatic carbocycles. The number of nitrogens with zero attached hydrogens (tertiary/aromatic N) is 3. The number of nitrogens with two attached hydrogens (primary N) is 1. The number of alkyl halides is 2. The van der Waals surface area contributed by atoms with Crippen LogP contribution in [0.2, 0.25) is 5.02 Å². The van der Waals surface area contributed by atoms with E-state index in [0.717, 1.165) is 16.0 Å². The Morgan fingerprint density at radius 2 is 2.25 bits per heavy atom. The second-order valence-corrected chi connectivity index (χ2v) is 8.85. The fraction of sp³-hybridized carbons (Fsp3) is 0.421. The van der Waals surface area contributed by atoms with Crippen molar-refractivity contribution >= 4 is 34.2 Å². The Labute approximate surface area is 169 Å². The lowest BCUT2D eigenvalue weighted by Gasteiger charge is -2.35. The van der Waals surface area contributed by atoms with Crippen molar-refractivity contribution in [3.05, 3.63) is 39.4 Å². The lowest BCUT2D eigenvalue weighted by molar-refractivity contribution is -0.0923. The molecule has 148 valence electrons. The molecule has 0 bridgehead atoms. The van der Waals surface area contributed by atoms with Gasteiger partial charge in [-0.3, -0.25) is 4.79 Å². The van der Waals surface area contributed by atoms with Crippen LogP contribution in [0.15, 0.2) is 24.5 Å². The van der Waals surface area contributed by atoms with Crippen molar-refractivity contribution in [1.29, 1.82) is 0 Å². The molecule has 1 aliphatic rings. The number of halogens is 3. The van der Waals surface area contributed by atoms with Gasteiger partial charge in [0.05, 0.1) is 22.4 Å². The van der Waals surface area contributed by atoms with Gasteiger partial charge in [0.25, 0.3) is 5.92 Å². The molecule has 3 aromatic rings. The topological polar surface area (TPSA) is 73.3 Å². The Balaban J connectivity index is 1.63. The molecule has 5 nitrogen and oxygen atoms in total. The number of hydrogen-bond acceptors (Lipinski definition) is 5. The maximum atomic E-state index is 14.2. The molecule has 1 fully saturated rings. The summed E-state index contributed by atoms with van der Waals surface area (Å²) in [5, 5.41) is 5.05. The summed E-state index contributed by atoms with van der Waals surface area (Å²) >= 11 is 7.20. The molecule has 28 heavy (non-hydrogen) atoms. The van der Waals surface area contributed by atoms with Crippen LogP contribution < -0.4 is 5.73 Å². The number of aryl methyl sites for hydroxylation is 1. The molecule has 2 atom stereocenters. The van der Waals surface area contributed by atoms with Crippen LogP contribution in [0, 0.1) is 12.8 Å². The van der Waals surface area contributed by atoms with Gasteiger partial charge < -0.3 is 5.73 Å². The van der Waals surface area contributed by atoms with Crippen molar-refractivity contribution in [2.75, 3.05) is 0 Å². The molecule has 9 heteroatoms. The van der Waals surface area contributed by atoms with Crippen LogP contribution in [0.5, 0.6) is 0 Å². The van der Waals surface area contributed by atoms with Crippen molar-refractivity contribution in [2.45, 2.75) is 44.6 Å². The van der Waals surface area contributed by atoms with E-state index in [1.54, 1.807) is 23.0 Å². The van der Waals surface area contributed by atoms with E-state index in [1.807, 2.05) is 13.0 Å². The number of Topliss-reactive ketones (excluding diaryl/α,β-unsaturated/α-hetero) is 1. The smallest absolute Gasteiger partial charge is 0.252 e. The maximum Gasteiger partial charge on any atom is 0.252 e. The van der Waals surface area contributed by atoms with Crippen LogP contribution in [0.1, 0.15) is 40.4 Å². The minimum Gasteiger partial charge on any atom is -0.327 e. The lowest BCUT2D eigenvalue weighted by atomic mass is 9.79. The van der Waals surface area contributed by atoms with Gasteiger partial charge in [0.1, 0.15) is 0 Å². The fourth-order valence-corrected chi connectivity index (χ4v) is 4.80. The van der Waals surface area contributed by atoms with Crippen LogP contribution in [-0.4, -0.2) is 32.3 Å². The Morgan fingerprint density at radius 3 is 3.00 bits per heavy atom. The highest BCUT2D eigenvalue weighted by Gasteiger charge is 2.46. The summed E-state index contributed by atoms with van der Waals surface area (Å²) in [7, 11) is 0. The van der Waals surface area contributed by atoms with Crippen molar-refractivity contribution in [3.63, 3.8) is 0 Å². The molecule has 0 aliphatic heterocycles. The molecule has 0 amide bonds. The summed E-state index contributed by atoms with van der Waals surface area (Å²) in [4.78, 5) is 18.0. The van der Waals surface area contributed by atoms with E-state index in [-0.39, 0.29) is 23.6 Å². The normalized spacial score (nSPS) is 21.9. The van der Waals surface area contributed by atoms with Gasteiger partial charge in [-0.25, -0.2) is 18.3 Å². The van der Waals surface area contributed by atoms with Crippen molar-refractivity contribution < 1.29 is 13.6 Å². The van der Waals surface area contributed by atoms with Gasteiger partial charge >= 0.3 is 0 Å². The number of thiazole rings is 1. The highest BCUT2D eigenvalue weighted by molar-refractivity contribution is 7.14. The number of fused-ring (bicyclic) bond motifs is 1. The molecule has 3 heterocycles. The van der Waals surface area contributed by atoms with Crippen molar-refractivity contribution in [1.82, 2.24) is 14.6 Å². The van der Waals surface area contributed by atoms with Gasteiger partial charge in [-0.2, -0.15) is 5.10 Å². The molecule has 0 saturated heterocycles. The third-order valence-corrected chi connectivity index (χ3v) is 6.52. The summed E-state index contributed by atoms with van der Waals surface area (Å²) in [6, 6.07) is 2.91. The predicted molar refractivity (Wildman–Crippen MR) is 105 cm³/mol. The molecule has 0 spiro atoms. The van der Waals surface area contributed by atoms with Gasteiger partial charge in [-0.15, -0.1) is 11.3 Å². The first-order valence-corrected chi connectivity index (χ1v) is 10.2. The van der Waals surface area contributed by atoms with Crippen LogP contribution in [0.3, 0.4) is 0 Å². The van der Waals surface area contributed by atoms with Gasteiger partial charge in [0, 0.05) is 41.4 Å². The van der Waals surface area contributed by atoms with Gasteiger partial charge in [0.15, 0.2) is 10.8 Å². The van der Waals surface area contributed by atoms with E-state index in [4.69, 9.17) is 17.3 Å². The minimum atomic E-state index is -2.91. The van der Waals surface area contributed by atoms with E-state index in [2.05, 4.69) is 10.1 Å². The molecule has 0 unspecified atom stereocenters. The number of carbonyl (C=O) groups excluding carboxylic acids is 1. The summed E-state index contributed by atoms with van der Waals surface area (Å²) in [5.41, 5.74) is 8.10. The van der Waals surface area contributed by atoms with Crippen molar-refractivity contribution in [3.8, 4) is 11.3 Å². The zero-order chi connectivity index (χ0) is 20.1. The fourth-order valence-electron chi connectivity index (χ4n) is 3.77. The number of rotatable bonds is 4. The molecule has 3 aromatic heterocycles. The second-order valence-electron chi connectivity index (χ2n) is 7.21. The van der Waals surface area contributed by atoms with E-state index in [1.165, 1.54) is 11.3 Å². The average Bonchev–Trinajstić information content (AvgIpc) is 3.20. The highest BCUT2D eigenvalue weighted by atomic mass is 35.5. The van der Waals surface area contributed by atoms with Gasteiger partial charge in [-0.05, 0) is 31.9 Å². The lowest BCUT2D eigenvalue weighted by Crippen LogP contribution is -2.46. The third-order valence-electron chi connectivity index (χ3n) is 5.28. The molecule has 4 rings (SSSR count). The van der Waals surface area contributed by atoms with E-state index in [0.29, 0.717) is 23.6 Å². The van der Waals surface area contributed by atoms with Gasteiger partial charge in [-0.1, -0.05) is 11.6 Å². The molecule has 1 aliphatic carbocycles. The summed E-state index contributed by atoms with van der Waals surface area (Å²) in [6.45, 7) is 1.85. The second kappa shape index (κ2) is 7.17. The zero-order valence-corrected chi connectivity index (χ0v) is 16.7. The molecule has 1 saturated carbocycles. The monoisotopic (exact) mass is 424 g/mol. The SMILES string of the molecule is Cc1sc(C(=O)C[C@@H]2[C@H](N)CCCC2(F)F)nc1-c1cnn2cc(Cl)ccc12. The Hall–Kier alpha value is -1.90. The largest absolute Gasteiger partial charge is 0.327 e. The summed E-state index contributed by atoms with van der Waals surface area (Å²) in [6.07, 6.45) is 3.74. The number of pyridine rings is 1. The van der Waals surface area contributed by atoms with Crippen LogP contribution in [0.25, 0.3) is 16.8 Å². The first kappa shape index (κ1) is 19.4. The Kier molecular flexibility index (Phi) is 4.97. The number of aromatic nitrogens is 3. The van der Waals surface area contributed by atoms with Crippen LogP contribution in [0.4, 0.5) is 8.78 Å². The average molecular weight is 425 g/mol. The molecular weight excluding hydrogens is 406 g/mol. The van der Waals surface area contributed by atoms with E-state index >= 15 is 0 Å². The Morgan fingerprint density at radius 1 is 1.46 bits per heavy atom. The highest BCUT2D eigenvalue weighted by Crippen LogP contribution is 2.41. The number of carbonyl (C=O) groups is 1. The summed E-state index contributed by atoms with van der Waals surface area (Å²) < 4.78 is 30.1. The van der Waals surface area contributed by atoms with Crippen molar-refractivity contribution in [2.24, 2.45) is 11.7 Å².